The van der Waals surface area contributed by atoms with Gasteiger partial charge in [0.1, 0.15) is 0 Å². The van der Waals surface area contributed by atoms with Gasteiger partial charge in [0.25, 0.3) is 0 Å². The first kappa shape index (κ1) is 21.2. The maximum Gasteiger partial charge on any atom is 0.0718 e. The van der Waals surface area contributed by atoms with Crippen LogP contribution in [0.15, 0.2) is 110 Å². The topological polar surface area (TPSA) is 0 Å². The van der Waals surface area contributed by atoms with Crippen LogP contribution in [0.5, 0.6) is 0 Å². The van der Waals surface area contributed by atoms with Crippen LogP contribution in [0.1, 0.15) is 44.5 Å². The number of hydrogen-bond donors (Lipinski definition) is 0. The summed E-state index contributed by atoms with van der Waals surface area (Å²) in [7, 11) is 0. The van der Waals surface area contributed by atoms with Gasteiger partial charge in [-0.1, -0.05) is 97.1 Å². The minimum absolute atomic E-state index is 0.365. The van der Waals surface area contributed by atoms with Crippen LogP contribution in [0.25, 0.3) is 11.1 Å². The average molecular weight is 427 g/mol. The lowest BCUT2D eigenvalue weighted by Gasteiger charge is -2.37. The number of aryl methyl sites for hydroxylation is 2. The maximum absolute atomic E-state index is 3.99. The summed E-state index contributed by atoms with van der Waals surface area (Å²) in [4.78, 5) is 0. The fraction of sp³-hybridized carbons (Fsp3) is 0.152. The lowest BCUT2D eigenvalue weighted by Crippen LogP contribution is -2.31. The van der Waals surface area contributed by atoms with Gasteiger partial charge in [-0.05, 0) is 82.3 Å². The van der Waals surface area contributed by atoms with E-state index in [2.05, 4.69) is 112 Å². The molecule has 33 heavy (non-hydrogen) atoms. The first-order chi connectivity index (χ1) is 16.1. The molecule has 0 aromatic heterocycles. The third-order valence-electron chi connectivity index (χ3n) is 7.12. The average Bonchev–Trinajstić information content (AvgIpc) is 3.13. The van der Waals surface area contributed by atoms with E-state index in [1.54, 1.807) is 0 Å². The summed E-state index contributed by atoms with van der Waals surface area (Å²) in [6.45, 7) is 12.5. The molecular formula is C33H30. The zero-order valence-corrected chi connectivity index (χ0v) is 19.6. The molecule has 0 heteroatoms. The quantitative estimate of drug-likeness (QED) is 0.240. The van der Waals surface area contributed by atoms with E-state index >= 15 is 0 Å². The Kier molecular flexibility index (Phi) is 5.38. The van der Waals surface area contributed by atoms with Crippen molar-refractivity contribution in [1.29, 1.82) is 0 Å². The van der Waals surface area contributed by atoms with Crippen molar-refractivity contribution in [3.8, 4) is 11.1 Å². The second-order valence-electron chi connectivity index (χ2n) is 9.13. The van der Waals surface area contributed by atoms with E-state index in [4.69, 9.17) is 0 Å². The number of fused-ring (bicyclic) bond motifs is 3. The van der Waals surface area contributed by atoms with Gasteiger partial charge < -0.3 is 0 Å². The number of benzene rings is 4. The van der Waals surface area contributed by atoms with Crippen LogP contribution in [0.3, 0.4) is 0 Å². The molecule has 0 fully saturated rings. The SMILES string of the molecule is C=CCc1ccc(C)c(C2(c3cc(CC=C)ccc3C)c3ccccc3-c3ccccc32)c1. The predicted molar refractivity (Wildman–Crippen MR) is 141 cm³/mol. The summed E-state index contributed by atoms with van der Waals surface area (Å²) in [5.74, 6) is 0. The van der Waals surface area contributed by atoms with Crippen LogP contribution in [0.4, 0.5) is 0 Å². The molecule has 0 saturated carbocycles. The van der Waals surface area contributed by atoms with Crippen molar-refractivity contribution >= 4 is 0 Å². The summed E-state index contributed by atoms with van der Waals surface area (Å²) >= 11 is 0. The van der Waals surface area contributed by atoms with E-state index in [1.165, 1.54) is 55.6 Å². The minimum atomic E-state index is -0.365. The van der Waals surface area contributed by atoms with Gasteiger partial charge in [-0.3, -0.25) is 0 Å². The largest absolute Gasteiger partial charge is 0.103 e. The molecular weight excluding hydrogens is 396 g/mol. The third kappa shape index (κ3) is 3.21. The van der Waals surface area contributed by atoms with Crippen molar-refractivity contribution in [3.63, 3.8) is 0 Å². The predicted octanol–water partition coefficient (Wildman–Crippen LogP) is 8.12. The van der Waals surface area contributed by atoms with Gasteiger partial charge in [-0.15, -0.1) is 13.2 Å². The molecule has 5 rings (SSSR count). The van der Waals surface area contributed by atoms with Crippen molar-refractivity contribution < 1.29 is 0 Å². The van der Waals surface area contributed by atoms with Crippen LogP contribution in [-0.2, 0) is 18.3 Å². The van der Waals surface area contributed by atoms with Gasteiger partial charge >= 0.3 is 0 Å². The Morgan fingerprint density at radius 2 is 1.00 bits per heavy atom. The molecule has 0 unspecified atom stereocenters. The van der Waals surface area contributed by atoms with E-state index in [-0.39, 0.29) is 5.41 Å². The Morgan fingerprint density at radius 3 is 1.42 bits per heavy atom. The molecule has 0 aliphatic heterocycles. The smallest absolute Gasteiger partial charge is 0.0718 e. The van der Waals surface area contributed by atoms with E-state index in [9.17, 15) is 0 Å². The highest BCUT2D eigenvalue weighted by molar-refractivity contribution is 5.87. The third-order valence-corrected chi connectivity index (χ3v) is 7.12. The standard InChI is InChI=1S/C33H30/c1-5-11-25-19-17-23(3)31(21-25)33(32-22-26(12-6-2)20-18-24(32)4)29-15-9-7-13-27(29)28-14-8-10-16-30(28)33/h5-10,13-22H,1-2,11-12H2,3-4H3. The van der Waals surface area contributed by atoms with Crippen molar-refractivity contribution in [2.24, 2.45) is 0 Å². The molecule has 0 saturated heterocycles. The van der Waals surface area contributed by atoms with Crippen molar-refractivity contribution in [3.05, 3.63) is 155 Å². The van der Waals surface area contributed by atoms with Gasteiger partial charge in [-0.2, -0.15) is 0 Å². The van der Waals surface area contributed by atoms with E-state index in [1.807, 2.05) is 12.2 Å². The molecule has 0 spiro atoms. The highest BCUT2D eigenvalue weighted by Crippen LogP contribution is 2.57. The molecule has 0 radical (unpaired) electrons. The van der Waals surface area contributed by atoms with Crippen LogP contribution in [0.2, 0.25) is 0 Å². The molecule has 1 aliphatic carbocycles. The number of rotatable bonds is 6. The molecule has 162 valence electrons. The molecule has 0 atom stereocenters. The van der Waals surface area contributed by atoms with Gasteiger partial charge in [0.15, 0.2) is 0 Å². The van der Waals surface area contributed by atoms with Crippen molar-refractivity contribution in [1.82, 2.24) is 0 Å². The zero-order chi connectivity index (χ0) is 23.0. The van der Waals surface area contributed by atoms with Crippen LogP contribution < -0.4 is 0 Å². The first-order valence-electron chi connectivity index (χ1n) is 11.7. The fourth-order valence-corrected chi connectivity index (χ4v) is 5.69. The normalized spacial score (nSPS) is 13.3. The van der Waals surface area contributed by atoms with Gasteiger partial charge in [0, 0.05) is 0 Å². The van der Waals surface area contributed by atoms with E-state index < -0.39 is 0 Å². The summed E-state index contributed by atoms with van der Waals surface area (Å²) in [5, 5.41) is 0. The number of hydrogen-bond acceptors (Lipinski definition) is 0. The van der Waals surface area contributed by atoms with Crippen LogP contribution in [-0.4, -0.2) is 0 Å². The molecule has 0 nitrogen and oxygen atoms in total. The zero-order valence-electron chi connectivity index (χ0n) is 19.6. The molecule has 0 bridgehead atoms. The van der Waals surface area contributed by atoms with Crippen molar-refractivity contribution in [2.75, 3.05) is 0 Å². The Balaban J connectivity index is 1.97. The molecule has 0 heterocycles. The van der Waals surface area contributed by atoms with Gasteiger partial charge in [0.05, 0.1) is 5.41 Å². The maximum atomic E-state index is 3.99. The Hall–Kier alpha value is -3.64. The fourth-order valence-electron chi connectivity index (χ4n) is 5.69. The monoisotopic (exact) mass is 426 g/mol. The lowest BCUT2D eigenvalue weighted by molar-refractivity contribution is 0.750. The molecule has 0 N–H and O–H groups in total. The van der Waals surface area contributed by atoms with Crippen LogP contribution in [0, 0.1) is 13.8 Å². The summed E-state index contributed by atoms with van der Waals surface area (Å²) in [6.07, 6.45) is 5.71. The first-order valence-corrected chi connectivity index (χ1v) is 11.7. The highest BCUT2D eigenvalue weighted by Gasteiger charge is 2.47. The summed E-state index contributed by atoms with van der Waals surface area (Å²) < 4.78 is 0. The summed E-state index contributed by atoms with van der Waals surface area (Å²) in [5.41, 5.74) is 13.0. The van der Waals surface area contributed by atoms with Crippen LogP contribution >= 0.6 is 0 Å². The van der Waals surface area contributed by atoms with E-state index in [0.717, 1.165) is 12.8 Å². The van der Waals surface area contributed by atoms with Gasteiger partial charge in [0.2, 0.25) is 0 Å². The van der Waals surface area contributed by atoms with E-state index in [0.29, 0.717) is 0 Å². The van der Waals surface area contributed by atoms with Gasteiger partial charge in [-0.25, -0.2) is 0 Å². The minimum Gasteiger partial charge on any atom is -0.103 e. The Bertz CT molecular complexity index is 1260. The van der Waals surface area contributed by atoms with Crippen molar-refractivity contribution in [2.45, 2.75) is 32.1 Å². The Labute approximate surface area is 198 Å². The molecule has 4 aromatic rings. The highest BCUT2D eigenvalue weighted by atomic mass is 14.5. The second-order valence-corrected chi connectivity index (χ2v) is 9.13. The second kappa shape index (κ2) is 8.37. The number of allylic oxidation sites excluding steroid dienone is 2. The molecule has 1 aliphatic rings. The molecule has 4 aromatic carbocycles. The molecule has 0 amide bonds. The lowest BCUT2D eigenvalue weighted by atomic mass is 9.65. The Morgan fingerprint density at radius 1 is 0.576 bits per heavy atom. The summed E-state index contributed by atoms with van der Waals surface area (Å²) in [6, 6.07) is 31.8.